The third-order valence-corrected chi connectivity index (χ3v) is 9.51. The van der Waals surface area contributed by atoms with Crippen molar-refractivity contribution in [2.75, 3.05) is 0 Å². The molecule has 0 aliphatic rings. The van der Waals surface area contributed by atoms with Crippen LogP contribution < -0.4 is 78.6 Å². The van der Waals surface area contributed by atoms with Crippen LogP contribution in [0.25, 0.3) is 44.6 Å². The summed E-state index contributed by atoms with van der Waals surface area (Å²) in [5, 5.41) is 17.7. The van der Waals surface area contributed by atoms with Gasteiger partial charge in [-0.2, -0.15) is 0 Å². The molecule has 24 heteroatoms. The van der Waals surface area contributed by atoms with Gasteiger partial charge in [0.1, 0.15) is 34.5 Å². The third-order valence-electron chi connectivity index (χ3n) is 8.72. The van der Waals surface area contributed by atoms with Gasteiger partial charge in [-0.15, -0.1) is 10.2 Å². The van der Waals surface area contributed by atoms with Gasteiger partial charge in [0.15, 0.2) is 0 Å². The molecule has 20 nitrogen and oxygen atoms in total. The molecule has 0 aliphatic carbocycles. The summed E-state index contributed by atoms with van der Waals surface area (Å²) in [7, 11) is -9.96. The fraction of sp³-hybridized carbons (Fsp3) is 0.111. The van der Waals surface area contributed by atoms with Crippen LogP contribution in [0.4, 0.5) is 0 Å². The van der Waals surface area contributed by atoms with Gasteiger partial charge in [0, 0.05) is 11.1 Å². The van der Waals surface area contributed by atoms with Crippen LogP contribution in [0.1, 0.15) is 11.4 Å². The second-order valence-corrected chi connectivity index (χ2v) is 14.6. The maximum atomic E-state index is 13.7. The average molecular weight is 869 g/mol. The fourth-order valence-corrected chi connectivity index (χ4v) is 6.89. The molecule has 0 saturated carbocycles. The van der Waals surface area contributed by atoms with Crippen LogP contribution in [0, 0.1) is 0 Å². The maximum Gasteiger partial charge on any atom is 1.00 e. The molecule has 8 rings (SSSR count). The molecular weight excluding hydrogens is 843 g/mol. The van der Waals surface area contributed by atoms with E-state index in [2.05, 4.69) is 39.0 Å². The summed E-state index contributed by atoms with van der Waals surface area (Å²) in [5.74, 6) is 0.125. The molecule has 0 radical (unpaired) electrons. The Balaban J connectivity index is 0.00000302. The molecule has 8 aromatic rings. The van der Waals surface area contributed by atoms with Crippen molar-refractivity contribution in [3.8, 4) is 34.3 Å². The molecule has 0 amide bonds. The van der Waals surface area contributed by atoms with Crippen molar-refractivity contribution in [1.29, 1.82) is 0 Å². The third kappa shape index (κ3) is 10.2. The summed E-state index contributed by atoms with van der Waals surface area (Å²) in [6, 6.07) is 24.7. The van der Waals surface area contributed by atoms with E-state index in [0.717, 1.165) is 0 Å². The van der Waals surface area contributed by atoms with Crippen LogP contribution in [0.3, 0.4) is 0 Å². The van der Waals surface area contributed by atoms with Crippen molar-refractivity contribution >= 4 is 42.6 Å². The van der Waals surface area contributed by atoms with Gasteiger partial charge >= 0.3 is 59.1 Å². The average Bonchev–Trinajstić information content (AvgIpc) is 3.84. The number of rotatable bonds is 13. The zero-order valence-corrected chi connectivity index (χ0v) is 37.2. The summed E-state index contributed by atoms with van der Waals surface area (Å²) in [6.07, 6.45) is 3.32. The first kappa shape index (κ1) is 44.4. The minimum absolute atomic E-state index is 0. The Bertz CT molecular complexity index is 2980. The molecule has 0 N–H and O–H groups in total. The number of aromatic nitrogens is 10. The predicted octanol–water partition coefficient (Wildman–Crippen LogP) is -3.89. The van der Waals surface area contributed by atoms with Crippen molar-refractivity contribution in [2.24, 2.45) is 0 Å². The van der Waals surface area contributed by atoms with Crippen LogP contribution in [0.2, 0.25) is 0 Å². The van der Waals surface area contributed by atoms with E-state index in [0.29, 0.717) is 57.4 Å². The number of hydrogen-bond acceptors (Lipinski definition) is 16. The van der Waals surface area contributed by atoms with E-state index < -0.39 is 20.8 Å². The fourth-order valence-electron chi connectivity index (χ4n) is 6.19. The van der Waals surface area contributed by atoms with Gasteiger partial charge in [-0.05, 0) is 72.8 Å². The summed E-state index contributed by atoms with van der Waals surface area (Å²) in [6.45, 7) is 0.565. The molecule has 4 aromatic heterocycles. The molecule has 0 spiro atoms. The number of aryl methyl sites for hydroxylation is 2. The van der Waals surface area contributed by atoms with E-state index in [-0.39, 0.29) is 106 Å². The molecule has 0 fully saturated rings. The van der Waals surface area contributed by atoms with Gasteiger partial charge in [-0.25, -0.2) is 26.8 Å². The Kier molecular flexibility index (Phi) is 13.5. The van der Waals surface area contributed by atoms with E-state index in [9.17, 15) is 35.5 Å². The molecule has 0 unspecified atom stereocenters. The Morgan fingerprint density at radius 3 is 1.27 bits per heavy atom. The summed E-state index contributed by atoms with van der Waals surface area (Å²) in [4.78, 5) is 36.8. The van der Waals surface area contributed by atoms with Crippen molar-refractivity contribution < 1.29 is 93.4 Å². The van der Waals surface area contributed by atoms with Gasteiger partial charge in [0.25, 0.3) is 31.9 Å². The van der Waals surface area contributed by atoms with Crippen LogP contribution in [-0.2, 0) is 47.0 Å². The van der Waals surface area contributed by atoms with Crippen molar-refractivity contribution in [3.63, 3.8) is 0 Å². The van der Waals surface area contributed by atoms with Crippen molar-refractivity contribution in [3.05, 3.63) is 142 Å². The minimum Gasteiger partial charge on any atom is -0.716 e. The van der Waals surface area contributed by atoms with Crippen LogP contribution >= 0.6 is 0 Å². The van der Waals surface area contributed by atoms with Gasteiger partial charge in [0.05, 0.1) is 60.4 Å². The summed E-state index contributed by atoms with van der Waals surface area (Å²) in [5.41, 5.74) is 1.94. The summed E-state index contributed by atoms with van der Waals surface area (Å²) >= 11 is 0. The molecule has 4 aromatic carbocycles. The smallest absolute Gasteiger partial charge is 0.716 e. The first-order valence-corrected chi connectivity index (χ1v) is 19.7. The van der Waals surface area contributed by atoms with E-state index in [1.54, 1.807) is 70.3 Å². The number of benzene rings is 4. The molecule has 0 aliphatic heterocycles. The molecule has 294 valence electrons. The second-order valence-electron chi connectivity index (χ2n) is 12.7. The van der Waals surface area contributed by atoms with Gasteiger partial charge in [-0.1, -0.05) is 34.7 Å². The zero-order chi connectivity index (χ0) is 40.6. The first-order chi connectivity index (χ1) is 27.8. The number of hydrogen-bond donors (Lipinski definition) is 0. The van der Waals surface area contributed by atoms with E-state index in [1.165, 1.54) is 57.7 Å². The molecule has 0 bridgehead atoms. The zero-order valence-electron chi connectivity index (χ0n) is 31.6. The molecule has 0 saturated heterocycles. The Morgan fingerprint density at radius 2 is 0.900 bits per heavy atom. The normalized spacial score (nSPS) is 11.6. The summed E-state index contributed by atoms with van der Waals surface area (Å²) < 4.78 is 81.1. The van der Waals surface area contributed by atoms with E-state index >= 15 is 0 Å². The van der Waals surface area contributed by atoms with Gasteiger partial charge < -0.3 is 17.5 Å². The Labute approximate surface area is 383 Å². The SMILES string of the molecule is O=c1c2ccccc2nc(-c2ccc(OS(=O)(=O)[O-])cc2)n1Cc1cn(CCn2cc(Cn3c(-c4ccc(OS(=O)(=O)[O-])cc4)nc4ccccc4c3=O)nn2)nn1.[Na+].[Na+]. The van der Waals surface area contributed by atoms with Gasteiger partial charge in [0.2, 0.25) is 0 Å². The largest absolute Gasteiger partial charge is 1.00 e. The van der Waals surface area contributed by atoms with Crippen LogP contribution in [0.5, 0.6) is 11.5 Å². The predicted molar refractivity (Wildman–Crippen MR) is 202 cm³/mol. The van der Waals surface area contributed by atoms with Crippen LogP contribution in [0.15, 0.2) is 119 Å². The minimum atomic E-state index is -4.98. The van der Waals surface area contributed by atoms with Crippen molar-refractivity contribution in [2.45, 2.75) is 26.2 Å². The monoisotopic (exact) mass is 868 g/mol. The maximum absolute atomic E-state index is 13.7. The number of para-hydroxylation sites is 2. The number of fused-ring (bicyclic) bond motifs is 2. The molecule has 60 heavy (non-hydrogen) atoms. The Hall–Kier alpha value is -5.14. The van der Waals surface area contributed by atoms with E-state index in [1.807, 2.05) is 0 Å². The Morgan fingerprint density at radius 1 is 0.533 bits per heavy atom. The molecular formula is C36H26N10Na2O10S2. The number of nitrogens with zero attached hydrogens (tertiary/aromatic N) is 10. The quantitative estimate of drug-likeness (QED) is 0.0609. The standard InChI is InChI=1S/C36H28N10O10S2.2Na/c47-35-29-5-1-3-7-31(29)37-33(23-9-13-27(14-10-23)55-57(49,50)51)45(35)21-25-19-43(41-39-25)17-18-44-20-26(40-42-44)22-46-34(38-32-8-4-2-6-30(32)36(46)48)24-11-15-28(16-12-24)56-58(52,53)54;;/h1-16,19-20H,17-18,21-22H2,(H,49,50,51)(H,52,53,54);;/q;2*+1/p-2. The molecule has 0 atom stereocenters. The van der Waals surface area contributed by atoms with Gasteiger partial charge in [-0.3, -0.25) is 28.1 Å². The first-order valence-electron chi connectivity index (χ1n) is 17.0. The molecule has 4 heterocycles. The van der Waals surface area contributed by atoms with E-state index in [4.69, 9.17) is 0 Å². The van der Waals surface area contributed by atoms with Crippen molar-refractivity contribution in [1.82, 2.24) is 49.1 Å². The second kappa shape index (κ2) is 18.2. The topological polar surface area (TPSA) is 264 Å². The van der Waals surface area contributed by atoms with Crippen LogP contribution in [-0.4, -0.2) is 75.0 Å².